The van der Waals surface area contributed by atoms with E-state index in [9.17, 15) is 9.59 Å². The molecule has 1 N–H and O–H groups in total. The molecule has 0 aliphatic rings. The van der Waals surface area contributed by atoms with Crippen LogP contribution in [0.15, 0.2) is 66.7 Å². The van der Waals surface area contributed by atoms with Crippen LogP contribution in [0, 0.1) is 13.8 Å². The molecule has 3 aromatic rings. The van der Waals surface area contributed by atoms with Gasteiger partial charge in [-0.2, -0.15) is 0 Å². The minimum atomic E-state index is -0.715. The SMILES string of the molecule is CNC(=O)[C@H](Cc1ccccc1)N(Cc1ccc(Cl)cc1)C(=O)COc1cc(C)c(Cl)c(C)c1. The maximum Gasteiger partial charge on any atom is 0.261 e. The summed E-state index contributed by atoms with van der Waals surface area (Å²) in [6.07, 6.45) is 0.374. The number of ether oxygens (including phenoxy) is 1. The molecule has 0 bridgehead atoms. The van der Waals surface area contributed by atoms with Crippen LogP contribution in [0.2, 0.25) is 10.0 Å². The van der Waals surface area contributed by atoms with Crippen LogP contribution < -0.4 is 10.1 Å². The van der Waals surface area contributed by atoms with Gasteiger partial charge in [-0.05, 0) is 60.4 Å². The average Bonchev–Trinajstić information content (AvgIpc) is 2.84. The number of likely N-dealkylation sites (N-methyl/N-ethyl adjacent to an activating group) is 1. The maximum absolute atomic E-state index is 13.4. The van der Waals surface area contributed by atoms with Gasteiger partial charge in [-0.1, -0.05) is 65.7 Å². The summed E-state index contributed by atoms with van der Waals surface area (Å²) in [6, 6.07) is 19.7. The normalized spacial score (nSPS) is 11.6. The van der Waals surface area contributed by atoms with Gasteiger partial charge in [0.2, 0.25) is 5.91 Å². The van der Waals surface area contributed by atoms with Gasteiger partial charge in [-0.15, -0.1) is 0 Å². The van der Waals surface area contributed by atoms with Crippen LogP contribution in [0.25, 0.3) is 0 Å². The number of hydrogen-bond acceptors (Lipinski definition) is 3. The first kappa shape index (κ1) is 25.6. The summed E-state index contributed by atoms with van der Waals surface area (Å²) in [5.74, 6) is 0.00725. The van der Waals surface area contributed by atoms with Gasteiger partial charge in [0.15, 0.2) is 6.61 Å². The van der Waals surface area contributed by atoms with E-state index in [0.29, 0.717) is 22.2 Å². The van der Waals surface area contributed by atoms with Gasteiger partial charge in [0, 0.05) is 30.1 Å². The number of carbonyl (C=O) groups is 2. The van der Waals surface area contributed by atoms with E-state index in [1.165, 1.54) is 0 Å². The number of aryl methyl sites for hydroxylation is 2. The van der Waals surface area contributed by atoms with Crippen LogP contribution in [0.5, 0.6) is 5.75 Å². The highest BCUT2D eigenvalue weighted by molar-refractivity contribution is 6.32. The maximum atomic E-state index is 13.4. The molecule has 178 valence electrons. The Bertz CT molecular complexity index is 1110. The van der Waals surface area contributed by atoms with Crippen molar-refractivity contribution >= 4 is 35.0 Å². The molecule has 3 aromatic carbocycles. The van der Waals surface area contributed by atoms with Crippen molar-refractivity contribution in [2.75, 3.05) is 13.7 Å². The van der Waals surface area contributed by atoms with Gasteiger partial charge in [-0.3, -0.25) is 9.59 Å². The summed E-state index contributed by atoms with van der Waals surface area (Å²) in [6.45, 7) is 3.80. The first-order valence-corrected chi connectivity index (χ1v) is 11.7. The Labute approximate surface area is 210 Å². The van der Waals surface area contributed by atoms with E-state index in [2.05, 4.69) is 5.32 Å². The molecule has 7 heteroatoms. The van der Waals surface area contributed by atoms with Gasteiger partial charge in [0.1, 0.15) is 11.8 Å². The molecular formula is C27H28Cl2N2O3. The van der Waals surface area contributed by atoms with E-state index in [4.69, 9.17) is 27.9 Å². The smallest absolute Gasteiger partial charge is 0.261 e. The summed E-state index contributed by atoms with van der Waals surface area (Å²) in [5, 5.41) is 3.98. The zero-order chi connectivity index (χ0) is 24.7. The molecule has 0 aromatic heterocycles. The van der Waals surface area contributed by atoms with E-state index in [1.54, 1.807) is 36.2 Å². The van der Waals surface area contributed by atoms with E-state index >= 15 is 0 Å². The zero-order valence-electron chi connectivity index (χ0n) is 19.5. The molecule has 2 amide bonds. The third kappa shape index (κ3) is 6.75. The summed E-state index contributed by atoms with van der Waals surface area (Å²) in [4.78, 5) is 27.9. The van der Waals surface area contributed by atoms with Gasteiger partial charge in [0.25, 0.3) is 5.91 Å². The number of nitrogens with one attached hydrogen (secondary N) is 1. The summed E-state index contributed by atoms with van der Waals surface area (Å²) in [5.41, 5.74) is 3.55. The Morgan fingerprint density at radius 1 is 0.941 bits per heavy atom. The van der Waals surface area contributed by atoms with Gasteiger partial charge < -0.3 is 15.0 Å². The van der Waals surface area contributed by atoms with Crippen LogP contribution >= 0.6 is 23.2 Å². The predicted molar refractivity (Wildman–Crippen MR) is 136 cm³/mol. The van der Waals surface area contributed by atoms with E-state index < -0.39 is 6.04 Å². The first-order chi connectivity index (χ1) is 16.3. The van der Waals surface area contributed by atoms with E-state index in [0.717, 1.165) is 22.3 Å². The van der Waals surface area contributed by atoms with Crippen LogP contribution in [0.3, 0.4) is 0 Å². The molecular weight excluding hydrogens is 471 g/mol. The summed E-state index contributed by atoms with van der Waals surface area (Å²) < 4.78 is 5.83. The molecule has 0 radical (unpaired) electrons. The Kier molecular flexibility index (Phi) is 8.97. The number of hydrogen-bond donors (Lipinski definition) is 1. The van der Waals surface area contributed by atoms with Crippen molar-refractivity contribution in [2.24, 2.45) is 0 Å². The Morgan fingerprint density at radius 2 is 1.56 bits per heavy atom. The number of halogens is 2. The minimum absolute atomic E-state index is 0.212. The molecule has 34 heavy (non-hydrogen) atoms. The van der Waals surface area contributed by atoms with Gasteiger partial charge >= 0.3 is 0 Å². The highest BCUT2D eigenvalue weighted by Crippen LogP contribution is 2.26. The molecule has 3 rings (SSSR count). The number of carbonyl (C=O) groups excluding carboxylic acids is 2. The Morgan fingerprint density at radius 3 is 2.15 bits per heavy atom. The standard InChI is InChI=1S/C27H28Cl2N2O3/c1-18-13-23(14-19(2)26(18)29)34-17-25(32)31(16-21-9-11-22(28)12-10-21)24(27(33)30-3)15-20-7-5-4-6-8-20/h4-14,24H,15-17H2,1-3H3,(H,30,33)/t24-/m0/s1. The summed E-state index contributed by atoms with van der Waals surface area (Å²) in [7, 11) is 1.57. The molecule has 0 heterocycles. The number of benzene rings is 3. The zero-order valence-corrected chi connectivity index (χ0v) is 21.0. The molecule has 0 unspecified atom stereocenters. The first-order valence-electron chi connectivity index (χ1n) is 11.0. The van der Waals surface area contributed by atoms with Crippen LogP contribution in [0.1, 0.15) is 22.3 Å². The number of nitrogens with zero attached hydrogens (tertiary/aromatic N) is 1. The van der Waals surface area contributed by atoms with Crippen molar-refractivity contribution in [3.8, 4) is 5.75 Å². The fourth-order valence-electron chi connectivity index (χ4n) is 3.72. The topological polar surface area (TPSA) is 58.6 Å². The largest absolute Gasteiger partial charge is 0.484 e. The molecule has 0 aliphatic heterocycles. The lowest BCUT2D eigenvalue weighted by Crippen LogP contribution is -2.51. The minimum Gasteiger partial charge on any atom is -0.484 e. The highest BCUT2D eigenvalue weighted by Gasteiger charge is 2.30. The predicted octanol–water partition coefficient (Wildman–Crippen LogP) is 5.38. The lowest BCUT2D eigenvalue weighted by Gasteiger charge is -2.31. The van der Waals surface area contributed by atoms with Gasteiger partial charge in [-0.25, -0.2) is 0 Å². The van der Waals surface area contributed by atoms with Crippen molar-refractivity contribution < 1.29 is 14.3 Å². The van der Waals surface area contributed by atoms with E-state index in [1.807, 2.05) is 56.3 Å². The fourth-order valence-corrected chi connectivity index (χ4v) is 3.96. The molecule has 0 saturated carbocycles. The van der Waals surface area contributed by atoms with E-state index in [-0.39, 0.29) is 25.0 Å². The van der Waals surface area contributed by atoms with Crippen molar-refractivity contribution in [2.45, 2.75) is 32.9 Å². The monoisotopic (exact) mass is 498 g/mol. The average molecular weight is 499 g/mol. The Balaban J connectivity index is 1.88. The molecule has 0 spiro atoms. The lowest BCUT2D eigenvalue weighted by atomic mass is 10.0. The lowest BCUT2D eigenvalue weighted by molar-refractivity contribution is -0.142. The number of rotatable bonds is 9. The molecule has 0 saturated heterocycles. The summed E-state index contributed by atoms with van der Waals surface area (Å²) >= 11 is 12.3. The third-order valence-electron chi connectivity index (χ3n) is 5.56. The molecule has 0 fully saturated rings. The second-order valence-corrected chi connectivity index (χ2v) is 8.94. The van der Waals surface area contributed by atoms with Crippen LogP contribution in [0.4, 0.5) is 0 Å². The van der Waals surface area contributed by atoms with Crippen molar-refractivity contribution in [3.05, 3.63) is 99.0 Å². The van der Waals surface area contributed by atoms with Crippen molar-refractivity contribution in [1.82, 2.24) is 10.2 Å². The second-order valence-electron chi connectivity index (χ2n) is 8.13. The Hall–Kier alpha value is -3.02. The van der Waals surface area contributed by atoms with Crippen molar-refractivity contribution in [3.63, 3.8) is 0 Å². The third-order valence-corrected chi connectivity index (χ3v) is 6.40. The van der Waals surface area contributed by atoms with Crippen LogP contribution in [-0.2, 0) is 22.6 Å². The molecule has 0 aliphatic carbocycles. The number of amides is 2. The molecule has 5 nitrogen and oxygen atoms in total. The van der Waals surface area contributed by atoms with Crippen LogP contribution in [-0.4, -0.2) is 36.4 Å². The quantitative estimate of drug-likeness (QED) is 0.431. The van der Waals surface area contributed by atoms with Gasteiger partial charge in [0.05, 0.1) is 0 Å². The van der Waals surface area contributed by atoms with Crippen molar-refractivity contribution in [1.29, 1.82) is 0 Å². The highest BCUT2D eigenvalue weighted by atomic mass is 35.5. The fraction of sp³-hybridized carbons (Fsp3) is 0.259. The molecule has 1 atom stereocenters. The second kappa shape index (κ2) is 11.9.